The highest BCUT2D eigenvalue weighted by Gasteiger charge is 2.11. The lowest BCUT2D eigenvalue weighted by atomic mass is 10.2. The summed E-state index contributed by atoms with van der Waals surface area (Å²) in [5.74, 6) is 0.178. The van der Waals surface area contributed by atoms with Crippen LogP contribution in [-0.4, -0.2) is 26.0 Å². The standard InChI is InChI=1S/C16H13FN6S/c1-24-16-14(6-18)15(19-10-20-16)22-13-7-21-23(9-13)8-11-2-4-12(17)5-3-11/h2-5,7,9-10H,8H2,1H3,(H,19,20,22). The Morgan fingerprint density at radius 1 is 1.29 bits per heavy atom. The summed E-state index contributed by atoms with van der Waals surface area (Å²) in [5.41, 5.74) is 2.05. The van der Waals surface area contributed by atoms with Crippen LogP contribution in [0.3, 0.4) is 0 Å². The summed E-state index contributed by atoms with van der Waals surface area (Å²) in [6.45, 7) is 0.521. The van der Waals surface area contributed by atoms with Crippen molar-refractivity contribution in [1.82, 2.24) is 19.7 Å². The maximum absolute atomic E-state index is 12.9. The SMILES string of the molecule is CSc1ncnc(Nc2cnn(Cc3ccc(F)cc3)c2)c1C#N. The number of thioether (sulfide) groups is 1. The summed E-state index contributed by atoms with van der Waals surface area (Å²) in [5, 5.41) is 17.3. The lowest BCUT2D eigenvalue weighted by molar-refractivity contribution is 0.624. The molecule has 0 fully saturated rings. The highest BCUT2D eigenvalue weighted by atomic mass is 32.2. The Morgan fingerprint density at radius 2 is 2.08 bits per heavy atom. The van der Waals surface area contributed by atoms with Gasteiger partial charge in [0.25, 0.3) is 0 Å². The third-order valence-corrected chi connectivity index (χ3v) is 3.97. The summed E-state index contributed by atoms with van der Waals surface area (Å²) in [4.78, 5) is 8.20. The first-order valence-corrected chi connectivity index (χ1v) is 8.25. The third-order valence-electron chi connectivity index (χ3n) is 3.27. The second-order valence-corrected chi connectivity index (χ2v) is 5.69. The van der Waals surface area contributed by atoms with Crippen molar-refractivity contribution >= 4 is 23.3 Å². The molecule has 8 heteroatoms. The summed E-state index contributed by atoms with van der Waals surface area (Å²) in [7, 11) is 0. The molecule has 3 aromatic rings. The molecule has 0 saturated carbocycles. The molecule has 6 nitrogen and oxygen atoms in total. The number of nitrogens with one attached hydrogen (secondary N) is 1. The zero-order valence-electron chi connectivity index (χ0n) is 12.8. The van der Waals surface area contributed by atoms with Crippen LogP contribution in [0.1, 0.15) is 11.1 Å². The van der Waals surface area contributed by atoms with Crippen LogP contribution in [0.15, 0.2) is 48.0 Å². The molecule has 0 atom stereocenters. The Hall–Kier alpha value is -2.92. The molecule has 24 heavy (non-hydrogen) atoms. The Balaban J connectivity index is 1.77. The molecule has 0 spiro atoms. The summed E-state index contributed by atoms with van der Waals surface area (Å²) < 4.78 is 14.7. The van der Waals surface area contributed by atoms with E-state index >= 15 is 0 Å². The van der Waals surface area contributed by atoms with E-state index in [0.717, 1.165) is 5.56 Å². The molecule has 0 bridgehead atoms. The predicted octanol–water partition coefficient (Wildman–Crippen LogP) is 3.20. The van der Waals surface area contributed by atoms with Crippen molar-refractivity contribution in [2.75, 3.05) is 11.6 Å². The molecular formula is C16H13FN6S. The van der Waals surface area contributed by atoms with Crippen molar-refractivity contribution < 1.29 is 4.39 Å². The van der Waals surface area contributed by atoms with E-state index < -0.39 is 0 Å². The Labute approximate surface area is 142 Å². The minimum absolute atomic E-state index is 0.265. The summed E-state index contributed by atoms with van der Waals surface area (Å²) in [6, 6.07) is 8.38. The smallest absolute Gasteiger partial charge is 0.153 e. The average molecular weight is 340 g/mol. The number of nitriles is 1. The number of anilines is 2. The molecule has 1 aromatic carbocycles. The van der Waals surface area contributed by atoms with Gasteiger partial charge in [0.1, 0.15) is 28.8 Å². The van der Waals surface area contributed by atoms with Gasteiger partial charge in [-0.05, 0) is 24.0 Å². The van der Waals surface area contributed by atoms with E-state index in [0.29, 0.717) is 28.6 Å². The Bertz CT molecular complexity index is 884. The zero-order valence-corrected chi connectivity index (χ0v) is 13.6. The molecule has 2 aromatic heterocycles. The molecule has 0 aliphatic rings. The Kier molecular flexibility index (Phi) is 4.72. The first kappa shape index (κ1) is 16.0. The van der Waals surface area contributed by atoms with Crippen molar-refractivity contribution in [2.45, 2.75) is 11.6 Å². The van der Waals surface area contributed by atoms with E-state index in [9.17, 15) is 9.65 Å². The lowest BCUT2D eigenvalue weighted by Crippen LogP contribution is -2.01. The number of hydrogen-bond acceptors (Lipinski definition) is 6. The van der Waals surface area contributed by atoms with Gasteiger partial charge in [0.05, 0.1) is 18.4 Å². The fraction of sp³-hybridized carbons (Fsp3) is 0.125. The number of benzene rings is 1. The highest BCUT2D eigenvalue weighted by Crippen LogP contribution is 2.24. The van der Waals surface area contributed by atoms with Crippen LogP contribution in [-0.2, 0) is 6.54 Å². The molecule has 120 valence electrons. The summed E-state index contributed by atoms with van der Waals surface area (Å²) in [6.07, 6.45) is 6.71. The van der Waals surface area contributed by atoms with Crippen LogP contribution < -0.4 is 5.32 Å². The predicted molar refractivity (Wildman–Crippen MR) is 89.5 cm³/mol. The van der Waals surface area contributed by atoms with Crippen molar-refractivity contribution in [1.29, 1.82) is 5.26 Å². The van der Waals surface area contributed by atoms with Gasteiger partial charge in [-0.2, -0.15) is 10.4 Å². The molecular weight excluding hydrogens is 327 g/mol. The van der Waals surface area contributed by atoms with Crippen LogP contribution in [0.5, 0.6) is 0 Å². The monoisotopic (exact) mass is 340 g/mol. The molecule has 0 radical (unpaired) electrons. The first-order valence-electron chi connectivity index (χ1n) is 7.02. The van der Waals surface area contributed by atoms with Gasteiger partial charge in [0.15, 0.2) is 5.82 Å². The topological polar surface area (TPSA) is 79.4 Å². The van der Waals surface area contributed by atoms with Gasteiger partial charge >= 0.3 is 0 Å². The zero-order chi connectivity index (χ0) is 16.9. The fourth-order valence-corrected chi connectivity index (χ4v) is 2.65. The molecule has 3 rings (SSSR count). The van der Waals surface area contributed by atoms with Gasteiger partial charge < -0.3 is 5.32 Å². The molecule has 0 aliphatic carbocycles. The molecule has 0 aliphatic heterocycles. The van der Waals surface area contributed by atoms with E-state index in [4.69, 9.17) is 0 Å². The molecule has 2 heterocycles. The second kappa shape index (κ2) is 7.10. The molecule has 0 amide bonds. The minimum Gasteiger partial charge on any atom is -0.336 e. The maximum Gasteiger partial charge on any atom is 0.153 e. The van der Waals surface area contributed by atoms with Gasteiger partial charge in [-0.25, -0.2) is 14.4 Å². The molecule has 0 unspecified atom stereocenters. The highest BCUT2D eigenvalue weighted by molar-refractivity contribution is 7.98. The number of aromatic nitrogens is 4. The maximum atomic E-state index is 12.9. The van der Waals surface area contributed by atoms with E-state index in [1.807, 2.05) is 6.26 Å². The lowest BCUT2D eigenvalue weighted by Gasteiger charge is -2.06. The van der Waals surface area contributed by atoms with E-state index in [1.54, 1.807) is 29.2 Å². The number of halogens is 1. The number of hydrogen-bond donors (Lipinski definition) is 1. The largest absolute Gasteiger partial charge is 0.336 e. The van der Waals surface area contributed by atoms with Gasteiger partial charge in [0, 0.05) is 6.20 Å². The normalized spacial score (nSPS) is 10.4. The van der Waals surface area contributed by atoms with E-state index in [-0.39, 0.29) is 5.82 Å². The van der Waals surface area contributed by atoms with E-state index in [1.165, 1.54) is 30.2 Å². The van der Waals surface area contributed by atoms with Gasteiger partial charge in [0.2, 0.25) is 0 Å². The number of rotatable bonds is 5. The summed E-state index contributed by atoms with van der Waals surface area (Å²) >= 11 is 1.39. The Morgan fingerprint density at radius 3 is 2.79 bits per heavy atom. The van der Waals surface area contributed by atoms with Gasteiger partial charge in [-0.3, -0.25) is 4.68 Å². The fourth-order valence-electron chi connectivity index (χ4n) is 2.15. The third kappa shape index (κ3) is 3.52. The van der Waals surface area contributed by atoms with Crippen molar-refractivity contribution in [3.8, 4) is 6.07 Å². The van der Waals surface area contributed by atoms with Gasteiger partial charge in [-0.15, -0.1) is 11.8 Å². The minimum atomic E-state index is -0.265. The molecule has 0 saturated heterocycles. The second-order valence-electron chi connectivity index (χ2n) is 4.90. The van der Waals surface area contributed by atoms with E-state index in [2.05, 4.69) is 26.5 Å². The quantitative estimate of drug-likeness (QED) is 0.567. The van der Waals surface area contributed by atoms with Crippen LogP contribution in [0, 0.1) is 17.1 Å². The van der Waals surface area contributed by atoms with Crippen molar-refractivity contribution in [2.24, 2.45) is 0 Å². The molecule has 1 N–H and O–H groups in total. The van der Waals surface area contributed by atoms with Gasteiger partial charge in [-0.1, -0.05) is 12.1 Å². The van der Waals surface area contributed by atoms with Crippen LogP contribution in [0.4, 0.5) is 15.9 Å². The first-order chi connectivity index (χ1) is 11.7. The van der Waals surface area contributed by atoms with Crippen LogP contribution >= 0.6 is 11.8 Å². The van der Waals surface area contributed by atoms with Crippen molar-refractivity contribution in [3.05, 3.63) is 59.9 Å². The number of nitrogens with zero attached hydrogens (tertiary/aromatic N) is 5. The average Bonchev–Trinajstić information content (AvgIpc) is 3.03. The van der Waals surface area contributed by atoms with Crippen molar-refractivity contribution in [3.63, 3.8) is 0 Å². The van der Waals surface area contributed by atoms with Crippen LogP contribution in [0.25, 0.3) is 0 Å². The van der Waals surface area contributed by atoms with Crippen LogP contribution in [0.2, 0.25) is 0 Å².